The Bertz CT molecular complexity index is 14.4. The van der Waals surface area contributed by atoms with Crippen LogP contribution in [0.3, 0.4) is 0 Å². The van der Waals surface area contributed by atoms with Crippen LogP contribution in [0.2, 0.25) is 0 Å². The van der Waals surface area contributed by atoms with Crippen molar-refractivity contribution in [3.05, 3.63) is 12.7 Å². The van der Waals surface area contributed by atoms with Gasteiger partial charge in [0.1, 0.15) is 0 Å². The largest absolute Gasteiger partial charge is 0.412 e. The molecule has 0 aromatic heterocycles. The molecule has 0 atom stereocenters. The number of hydrogen-bond acceptors (Lipinski definition) is 0. The molecule has 0 aromatic carbocycles. The predicted octanol–water partition coefficient (Wildman–Crippen LogP) is -0.549. The summed E-state index contributed by atoms with van der Waals surface area (Å²) in [5.74, 6) is 0. The molecule has 0 unspecified atom stereocenters. The highest BCUT2D eigenvalue weighted by molar-refractivity contribution is 5.75. The van der Waals surface area contributed by atoms with Gasteiger partial charge in [0, 0.05) is 0 Å². The van der Waals surface area contributed by atoms with E-state index < -0.39 is 0 Å². The minimum absolute atomic E-state index is 0. The van der Waals surface area contributed by atoms with Crippen molar-refractivity contribution in [2.45, 2.75) is 6.92 Å². The van der Waals surface area contributed by atoms with Crippen LogP contribution >= 0.6 is 0 Å². The van der Waals surface area contributed by atoms with E-state index in [1.54, 1.807) is 6.08 Å². The van der Waals surface area contributed by atoms with Gasteiger partial charge in [-0.25, -0.2) is 0 Å². The van der Waals surface area contributed by atoms with Gasteiger partial charge in [0.15, 0.2) is 0 Å². The fraction of sp³-hybridized carbons (Fsp3) is 0.333. The van der Waals surface area contributed by atoms with E-state index in [1.165, 1.54) is 0 Å². The van der Waals surface area contributed by atoms with Gasteiger partial charge in [-0.2, -0.15) is 0 Å². The number of rotatable bonds is 0. The average Bonchev–Trinajstić information content (AvgIpc) is 0.918. The van der Waals surface area contributed by atoms with Gasteiger partial charge in [-0.05, 0) is 6.92 Å². The normalized spacial score (nSPS) is 2.60. The minimum atomic E-state index is 0. The van der Waals surface area contributed by atoms with E-state index in [1.807, 2.05) is 6.92 Å². The van der Waals surface area contributed by atoms with Crippen LogP contribution in [0.25, 0.3) is 0 Å². The second kappa shape index (κ2) is 25.0. The summed E-state index contributed by atoms with van der Waals surface area (Å²) >= 11 is 0. The second-order valence-electron chi connectivity index (χ2n) is 0.408. The standard InChI is InChI=1S/C3H6.Mg.H2O.2H/c1-3-2;;;;/h3H,1H2,2H3;;1H2;;. The molecular formula is C3H10MgO. The smallest absolute Gasteiger partial charge is 0.316 e. The second-order valence-corrected chi connectivity index (χ2v) is 0.408. The van der Waals surface area contributed by atoms with Gasteiger partial charge in [0.05, 0.1) is 0 Å². The highest BCUT2D eigenvalue weighted by Gasteiger charge is 1.15. The number of allylic oxidation sites excluding steroid dienone is 1. The van der Waals surface area contributed by atoms with Crippen molar-refractivity contribution in [3.8, 4) is 0 Å². The third-order valence-electron chi connectivity index (χ3n) is 0. The molecule has 0 rings (SSSR count). The lowest BCUT2D eigenvalue weighted by atomic mass is 10.8. The van der Waals surface area contributed by atoms with Gasteiger partial charge in [-0.3, -0.25) is 0 Å². The van der Waals surface area contributed by atoms with Crippen LogP contribution in [-0.4, -0.2) is 28.5 Å². The molecule has 0 bridgehead atoms. The summed E-state index contributed by atoms with van der Waals surface area (Å²) in [4.78, 5) is 0. The van der Waals surface area contributed by atoms with Crippen LogP contribution in [0.15, 0.2) is 12.7 Å². The molecule has 0 aromatic rings. The Morgan fingerprint density at radius 3 is 1.60 bits per heavy atom. The summed E-state index contributed by atoms with van der Waals surface area (Å²) in [6.07, 6.45) is 1.75. The first kappa shape index (κ1) is 17.9. The maximum Gasteiger partial charge on any atom is 0.316 e. The quantitative estimate of drug-likeness (QED) is 0.280. The van der Waals surface area contributed by atoms with Crippen molar-refractivity contribution in [2.24, 2.45) is 0 Å². The first-order valence-electron chi connectivity index (χ1n) is 0.986. The molecule has 0 aliphatic carbocycles. The third-order valence-corrected chi connectivity index (χ3v) is 0. The average molecular weight is 86.4 g/mol. The molecule has 0 aliphatic heterocycles. The van der Waals surface area contributed by atoms with Crippen molar-refractivity contribution >= 4 is 23.1 Å². The van der Waals surface area contributed by atoms with Crippen LogP contribution in [0.1, 0.15) is 6.92 Å². The fourth-order valence-electron chi connectivity index (χ4n) is 0. The molecule has 0 fully saturated rings. The Kier molecular flexibility index (Phi) is 89.5. The van der Waals surface area contributed by atoms with Crippen molar-refractivity contribution < 1.29 is 5.48 Å². The van der Waals surface area contributed by atoms with Gasteiger partial charge in [-0.1, -0.05) is 6.08 Å². The molecule has 5 heavy (non-hydrogen) atoms. The highest BCUT2D eigenvalue weighted by Crippen LogP contribution is 1.38. The lowest BCUT2D eigenvalue weighted by molar-refractivity contribution is 0.824. The maximum atomic E-state index is 3.36. The molecule has 2 N–H and O–H groups in total. The predicted molar refractivity (Wildman–Crippen MR) is 28.0 cm³/mol. The van der Waals surface area contributed by atoms with Crippen LogP contribution < -0.4 is 0 Å². The molecule has 2 heteroatoms. The maximum absolute atomic E-state index is 3.36. The third kappa shape index (κ3) is 125. The highest BCUT2D eigenvalue weighted by atomic mass is 24.3. The van der Waals surface area contributed by atoms with E-state index in [4.69, 9.17) is 0 Å². The van der Waals surface area contributed by atoms with E-state index in [0.717, 1.165) is 0 Å². The molecule has 0 heterocycles. The Morgan fingerprint density at radius 2 is 1.60 bits per heavy atom. The molecule has 0 amide bonds. The minimum Gasteiger partial charge on any atom is -0.412 e. The Morgan fingerprint density at radius 1 is 1.60 bits per heavy atom. The van der Waals surface area contributed by atoms with E-state index in [9.17, 15) is 0 Å². The monoisotopic (exact) mass is 86.1 g/mol. The first-order valence-corrected chi connectivity index (χ1v) is 0.986. The first-order chi connectivity index (χ1) is 1.41. The zero-order valence-corrected chi connectivity index (χ0v) is 2.78. The topological polar surface area (TPSA) is 31.5 Å². The summed E-state index contributed by atoms with van der Waals surface area (Å²) < 4.78 is 0. The molecule has 0 saturated heterocycles. The van der Waals surface area contributed by atoms with Gasteiger partial charge < -0.3 is 5.48 Å². The summed E-state index contributed by atoms with van der Waals surface area (Å²) in [7, 11) is 0. The Labute approximate surface area is 48.5 Å². The molecule has 30 valence electrons. The van der Waals surface area contributed by atoms with Gasteiger partial charge in [0.2, 0.25) is 0 Å². The van der Waals surface area contributed by atoms with Crippen molar-refractivity contribution in [2.75, 3.05) is 0 Å². The summed E-state index contributed by atoms with van der Waals surface area (Å²) in [5, 5.41) is 0. The van der Waals surface area contributed by atoms with Crippen molar-refractivity contribution in [1.29, 1.82) is 0 Å². The molecular weight excluding hydrogens is 76.3 g/mol. The van der Waals surface area contributed by atoms with Gasteiger partial charge >= 0.3 is 23.1 Å². The zero-order valence-electron chi connectivity index (χ0n) is 2.78. The van der Waals surface area contributed by atoms with Crippen LogP contribution in [0, 0.1) is 0 Å². The molecule has 0 spiro atoms. The van der Waals surface area contributed by atoms with Crippen LogP contribution in [0.5, 0.6) is 0 Å². The van der Waals surface area contributed by atoms with E-state index in [0.29, 0.717) is 0 Å². The Hall–Kier alpha value is 0.466. The molecule has 0 saturated carbocycles. The van der Waals surface area contributed by atoms with E-state index in [2.05, 4.69) is 6.58 Å². The summed E-state index contributed by atoms with van der Waals surface area (Å²) in [5.41, 5.74) is 0. The van der Waals surface area contributed by atoms with Gasteiger partial charge in [-0.15, -0.1) is 6.58 Å². The zero-order chi connectivity index (χ0) is 2.71. The summed E-state index contributed by atoms with van der Waals surface area (Å²) in [6, 6.07) is 0. The molecule has 0 radical (unpaired) electrons. The lowest BCUT2D eigenvalue weighted by Crippen LogP contribution is -1.07. The van der Waals surface area contributed by atoms with Crippen molar-refractivity contribution in [3.63, 3.8) is 0 Å². The van der Waals surface area contributed by atoms with Crippen LogP contribution in [0.4, 0.5) is 0 Å². The van der Waals surface area contributed by atoms with Crippen molar-refractivity contribution in [1.82, 2.24) is 0 Å². The lowest BCUT2D eigenvalue weighted by Gasteiger charge is -1.31. The summed E-state index contributed by atoms with van der Waals surface area (Å²) in [6.45, 7) is 5.25. The van der Waals surface area contributed by atoms with Crippen LogP contribution in [-0.2, 0) is 0 Å². The molecule has 1 nitrogen and oxygen atoms in total. The van der Waals surface area contributed by atoms with Gasteiger partial charge in [0.25, 0.3) is 0 Å². The Balaban J connectivity index is -0.0000000200. The number of hydrogen-bond donors (Lipinski definition) is 0. The molecule has 0 aliphatic rings. The fourth-order valence-corrected chi connectivity index (χ4v) is 0. The SMILES string of the molecule is C=CC.O.[MgH2]. The van der Waals surface area contributed by atoms with E-state index in [-0.39, 0.29) is 28.5 Å². The van der Waals surface area contributed by atoms with E-state index >= 15 is 0 Å².